The molecule has 0 unspecified atom stereocenters. The van der Waals surface area contributed by atoms with Gasteiger partial charge < -0.3 is 5.73 Å². The number of allylic oxidation sites excluding steroid dienone is 2. The van der Waals surface area contributed by atoms with Gasteiger partial charge in [0.05, 0.1) is 0 Å². The van der Waals surface area contributed by atoms with E-state index in [1.165, 1.54) is 0 Å². The first-order chi connectivity index (χ1) is 5.22. The van der Waals surface area contributed by atoms with Crippen molar-refractivity contribution in [1.82, 2.24) is 0 Å². The minimum atomic E-state index is -0.423. The third kappa shape index (κ3) is 4.08. The molecule has 3 heteroatoms. The highest BCUT2D eigenvalue weighted by Gasteiger charge is 1.95. The molecular formula is C8H12N2O. The van der Waals surface area contributed by atoms with Crippen molar-refractivity contribution in [2.75, 3.05) is 7.05 Å². The molecular weight excluding hydrogens is 140 g/mol. The Bertz CT molecular complexity index is 214. The van der Waals surface area contributed by atoms with Crippen molar-refractivity contribution >= 4 is 12.1 Å². The van der Waals surface area contributed by atoms with Crippen LogP contribution in [0.1, 0.15) is 6.92 Å². The van der Waals surface area contributed by atoms with Gasteiger partial charge >= 0.3 is 0 Å². The molecule has 0 aliphatic rings. The Hall–Kier alpha value is -1.38. The quantitative estimate of drug-likeness (QED) is 0.361. The number of carbonyl (C=O) groups excluding carboxylic acids is 1. The first-order valence-electron chi connectivity index (χ1n) is 3.27. The average Bonchev–Trinajstić information content (AvgIpc) is 1.97. The summed E-state index contributed by atoms with van der Waals surface area (Å²) in [7, 11) is 1.66. The highest BCUT2D eigenvalue weighted by atomic mass is 16.1. The number of primary amides is 1. The van der Waals surface area contributed by atoms with Crippen LogP contribution in [0.2, 0.25) is 0 Å². The van der Waals surface area contributed by atoms with E-state index in [1.54, 1.807) is 38.4 Å². The Morgan fingerprint density at radius 2 is 2.18 bits per heavy atom. The lowest BCUT2D eigenvalue weighted by Gasteiger charge is -1.90. The first-order valence-corrected chi connectivity index (χ1v) is 3.27. The lowest BCUT2D eigenvalue weighted by Crippen LogP contribution is -2.12. The zero-order valence-electron chi connectivity index (χ0n) is 6.74. The SMILES string of the molecule is C/C=C(\C=C/C=NC)C(N)=O. The Morgan fingerprint density at radius 1 is 1.55 bits per heavy atom. The monoisotopic (exact) mass is 152 g/mol. The molecule has 0 aromatic heterocycles. The predicted octanol–water partition coefficient (Wildman–Crippen LogP) is 0.675. The second-order valence-corrected chi connectivity index (χ2v) is 1.87. The zero-order valence-corrected chi connectivity index (χ0v) is 6.74. The maximum atomic E-state index is 10.6. The number of nitrogens with zero attached hydrogens (tertiary/aromatic N) is 1. The smallest absolute Gasteiger partial charge is 0.248 e. The van der Waals surface area contributed by atoms with E-state index in [0.29, 0.717) is 5.57 Å². The van der Waals surface area contributed by atoms with Gasteiger partial charge in [-0.15, -0.1) is 0 Å². The van der Waals surface area contributed by atoms with Gasteiger partial charge in [0.25, 0.3) is 0 Å². The van der Waals surface area contributed by atoms with E-state index < -0.39 is 5.91 Å². The van der Waals surface area contributed by atoms with E-state index in [1.807, 2.05) is 0 Å². The Kier molecular flexibility index (Phi) is 4.73. The van der Waals surface area contributed by atoms with Gasteiger partial charge in [-0.3, -0.25) is 9.79 Å². The summed E-state index contributed by atoms with van der Waals surface area (Å²) in [6.07, 6.45) is 6.53. The van der Waals surface area contributed by atoms with Crippen LogP contribution in [-0.2, 0) is 4.79 Å². The predicted molar refractivity (Wildman–Crippen MR) is 46.5 cm³/mol. The van der Waals surface area contributed by atoms with Crippen LogP contribution >= 0.6 is 0 Å². The number of nitrogens with two attached hydrogens (primary N) is 1. The number of aliphatic imine (C=N–C) groups is 1. The summed E-state index contributed by atoms with van der Waals surface area (Å²) in [5.41, 5.74) is 5.52. The van der Waals surface area contributed by atoms with E-state index >= 15 is 0 Å². The Labute approximate surface area is 66.3 Å². The molecule has 0 bridgehead atoms. The van der Waals surface area contributed by atoms with Crippen LogP contribution in [0.25, 0.3) is 0 Å². The van der Waals surface area contributed by atoms with E-state index in [0.717, 1.165) is 0 Å². The second-order valence-electron chi connectivity index (χ2n) is 1.87. The van der Waals surface area contributed by atoms with Crippen LogP contribution < -0.4 is 5.73 Å². The van der Waals surface area contributed by atoms with Crippen molar-refractivity contribution in [1.29, 1.82) is 0 Å². The molecule has 0 heterocycles. The molecule has 0 aromatic carbocycles. The van der Waals surface area contributed by atoms with E-state index in [9.17, 15) is 4.79 Å². The summed E-state index contributed by atoms with van der Waals surface area (Å²) in [4.78, 5) is 14.3. The topological polar surface area (TPSA) is 55.4 Å². The fraction of sp³-hybridized carbons (Fsp3) is 0.250. The van der Waals surface area contributed by atoms with Crippen LogP contribution in [0.15, 0.2) is 28.8 Å². The van der Waals surface area contributed by atoms with E-state index in [4.69, 9.17) is 5.73 Å². The molecule has 0 aromatic rings. The fourth-order valence-corrected chi connectivity index (χ4v) is 0.553. The fourth-order valence-electron chi connectivity index (χ4n) is 0.553. The molecule has 60 valence electrons. The van der Waals surface area contributed by atoms with Crippen molar-refractivity contribution in [2.45, 2.75) is 6.92 Å². The number of hydrogen-bond donors (Lipinski definition) is 1. The lowest BCUT2D eigenvalue weighted by atomic mass is 10.2. The highest BCUT2D eigenvalue weighted by molar-refractivity contribution is 5.95. The normalized spacial score (nSPS) is 13.1. The number of rotatable bonds is 3. The van der Waals surface area contributed by atoms with Crippen molar-refractivity contribution in [3.05, 3.63) is 23.8 Å². The molecule has 0 rings (SSSR count). The minimum Gasteiger partial charge on any atom is -0.366 e. The molecule has 0 fully saturated rings. The van der Waals surface area contributed by atoms with Gasteiger partial charge in [0.2, 0.25) is 5.91 Å². The minimum absolute atomic E-state index is 0.423. The standard InChI is InChI=1S/C8H12N2O/c1-3-7(8(9)11)5-4-6-10-2/h3-6H,1-2H3,(H2,9,11)/b5-4-,7-3+,10-6?. The maximum absolute atomic E-state index is 10.6. The third-order valence-electron chi connectivity index (χ3n) is 1.11. The van der Waals surface area contributed by atoms with Crippen LogP contribution in [0, 0.1) is 0 Å². The van der Waals surface area contributed by atoms with Crippen LogP contribution in [-0.4, -0.2) is 19.2 Å². The molecule has 1 amide bonds. The number of hydrogen-bond acceptors (Lipinski definition) is 2. The summed E-state index contributed by atoms with van der Waals surface area (Å²) < 4.78 is 0. The molecule has 0 saturated carbocycles. The van der Waals surface area contributed by atoms with E-state index in [2.05, 4.69) is 4.99 Å². The van der Waals surface area contributed by atoms with Gasteiger partial charge in [0.1, 0.15) is 0 Å². The van der Waals surface area contributed by atoms with Crippen molar-refractivity contribution < 1.29 is 4.79 Å². The van der Waals surface area contributed by atoms with Gasteiger partial charge in [-0.25, -0.2) is 0 Å². The van der Waals surface area contributed by atoms with E-state index in [-0.39, 0.29) is 0 Å². The second kappa shape index (κ2) is 5.41. The summed E-state index contributed by atoms with van der Waals surface area (Å²) in [5, 5.41) is 0. The van der Waals surface area contributed by atoms with Crippen LogP contribution in [0.5, 0.6) is 0 Å². The molecule has 11 heavy (non-hydrogen) atoms. The first kappa shape index (κ1) is 9.62. The van der Waals surface area contributed by atoms with Gasteiger partial charge in [-0.1, -0.05) is 6.08 Å². The third-order valence-corrected chi connectivity index (χ3v) is 1.11. The van der Waals surface area contributed by atoms with Gasteiger partial charge in [-0.05, 0) is 19.1 Å². The largest absolute Gasteiger partial charge is 0.366 e. The lowest BCUT2D eigenvalue weighted by molar-refractivity contribution is -0.114. The molecule has 2 N–H and O–H groups in total. The molecule has 0 aliphatic carbocycles. The summed E-state index contributed by atoms with van der Waals surface area (Å²) in [6, 6.07) is 0. The zero-order chi connectivity index (χ0) is 8.69. The van der Waals surface area contributed by atoms with Crippen molar-refractivity contribution in [3.63, 3.8) is 0 Å². The summed E-state index contributed by atoms with van der Waals surface area (Å²) >= 11 is 0. The molecule has 0 atom stereocenters. The average molecular weight is 152 g/mol. The van der Waals surface area contributed by atoms with Crippen LogP contribution in [0.3, 0.4) is 0 Å². The molecule has 0 saturated heterocycles. The summed E-state index contributed by atoms with van der Waals surface area (Å²) in [6.45, 7) is 1.76. The highest BCUT2D eigenvalue weighted by Crippen LogP contribution is 1.93. The van der Waals surface area contributed by atoms with Crippen LogP contribution in [0.4, 0.5) is 0 Å². The molecule has 3 nitrogen and oxygen atoms in total. The number of amides is 1. The van der Waals surface area contributed by atoms with Crippen molar-refractivity contribution in [2.24, 2.45) is 10.7 Å². The molecule has 0 aliphatic heterocycles. The van der Waals surface area contributed by atoms with Crippen molar-refractivity contribution in [3.8, 4) is 0 Å². The molecule has 0 radical (unpaired) electrons. The number of carbonyl (C=O) groups is 1. The Balaban J connectivity index is 4.22. The van der Waals surface area contributed by atoms with Gasteiger partial charge in [-0.2, -0.15) is 0 Å². The Morgan fingerprint density at radius 3 is 2.55 bits per heavy atom. The van der Waals surface area contributed by atoms with Gasteiger partial charge in [0.15, 0.2) is 0 Å². The molecule has 0 spiro atoms. The van der Waals surface area contributed by atoms with Gasteiger partial charge in [0, 0.05) is 18.8 Å². The summed E-state index contributed by atoms with van der Waals surface area (Å²) in [5.74, 6) is -0.423. The maximum Gasteiger partial charge on any atom is 0.248 e.